The van der Waals surface area contributed by atoms with Crippen LogP contribution >= 0.6 is 0 Å². The minimum Gasteiger partial charge on any atom is -0.412 e. The summed E-state index contributed by atoms with van der Waals surface area (Å²) in [5.74, 6) is 0.735. The van der Waals surface area contributed by atoms with Gasteiger partial charge in [-0.1, -0.05) is 34.6 Å². The zero-order valence-corrected chi connectivity index (χ0v) is 24.5. The van der Waals surface area contributed by atoms with Gasteiger partial charge in [0.15, 0.2) is 16.6 Å². The second-order valence-electron chi connectivity index (χ2n) is 13.9. The summed E-state index contributed by atoms with van der Waals surface area (Å²) in [5.41, 5.74) is -0.373. The molecule has 0 radical (unpaired) electrons. The highest BCUT2D eigenvalue weighted by Gasteiger charge is 2.57. The van der Waals surface area contributed by atoms with E-state index in [-0.39, 0.29) is 21.3 Å². The van der Waals surface area contributed by atoms with Gasteiger partial charge in [-0.05, 0) is 90.5 Å². The van der Waals surface area contributed by atoms with Crippen molar-refractivity contribution >= 4 is 16.6 Å². The van der Waals surface area contributed by atoms with Gasteiger partial charge in [-0.3, -0.25) is 0 Å². The molecule has 4 unspecified atom stereocenters. The molecule has 0 N–H and O–H groups in total. The number of hydrogen-bond acceptors (Lipinski definition) is 3. The molecule has 3 nitrogen and oxygen atoms in total. The molecule has 3 aliphatic rings. The molecule has 0 spiro atoms. The van der Waals surface area contributed by atoms with Gasteiger partial charge in [-0.15, -0.1) is 0 Å². The standard InChI is InChI=1S/C25H52O3Si2/c1-22(2,3)27-29(11,12)25(9,10)24(7,8)28-30(13,23(4,5)6)17-16-19-14-15-20-18-21(19)26-20/h19-21H,14-18H2,1-13H3. The molecule has 178 valence electrons. The Balaban J connectivity index is 2.20. The maximum atomic E-state index is 7.35. The van der Waals surface area contributed by atoms with E-state index in [4.69, 9.17) is 13.6 Å². The molecule has 0 aromatic rings. The molecule has 3 rings (SSSR count). The van der Waals surface area contributed by atoms with Gasteiger partial charge in [0.2, 0.25) is 0 Å². The van der Waals surface area contributed by atoms with Crippen LogP contribution in [0.15, 0.2) is 0 Å². The second-order valence-corrected chi connectivity index (χ2v) is 23.0. The first-order valence-electron chi connectivity index (χ1n) is 12.3. The molecule has 30 heavy (non-hydrogen) atoms. The van der Waals surface area contributed by atoms with Crippen molar-refractivity contribution < 1.29 is 13.6 Å². The first-order valence-corrected chi connectivity index (χ1v) is 17.8. The Morgan fingerprint density at radius 3 is 1.77 bits per heavy atom. The van der Waals surface area contributed by atoms with E-state index in [0.717, 1.165) is 5.92 Å². The highest BCUT2D eigenvalue weighted by atomic mass is 28.4. The predicted molar refractivity (Wildman–Crippen MR) is 134 cm³/mol. The summed E-state index contributed by atoms with van der Waals surface area (Å²) in [6.07, 6.45) is 6.26. The second kappa shape index (κ2) is 8.27. The first kappa shape index (κ1) is 26.6. The summed E-state index contributed by atoms with van der Waals surface area (Å²) in [7, 11) is -4.06. The van der Waals surface area contributed by atoms with Crippen molar-refractivity contribution in [2.45, 2.75) is 154 Å². The number of fused-ring (bicyclic) bond motifs is 2. The van der Waals surface area contributed by atoms with E-state index in [9.17, 15) is 0 Å². The van der Waals surface area contributed by atoms with Crippen LogP contribution in [0.1, 0.15) is 94.9 Å². The Morgan fingerprint density at radius 1 is 0.833 bits per heavy atom. The molecule has 0 aromatic heterocycles. The van der Waals surface area contributed by atoms with Gasteiger partial charge in [0.1, 0.15) is 0 Å². The molecule has 4 atom stereocenters. The highest BCUT2D eigenvalue weighted by Crippen LogP contribution is 2.54. The fourth-order valence-corrected chi connectivity index (χ4v) is 12.1. The van der Waals surface area contributed by atoms with Crippen LogP contribution in [0.5, 0.6) is 0 Å². The van der Waals surface area contributed by atoms with Gasteiger partial charge in [0, 0.05) is 17.1 Å². The van der Waals surface area contributed by atoms with Crippen molar-refractivity contribution in [3.05, 3.63) is 0 Å². The quantitative estimate of drug-likeness (QED) is 0.347. The third-order valence-electron chi connectivity index (χ3n) is 8.88. The Labute approximate surface area is 190 Å². The van der Waals surface area contributed by atoms with Crippen LogP contribution in [0.4, 0.5) is 0 Å². The lowest BCUT2D eigenvalue weighted by atomic mass is 9.79. The van der Waals surface area contributed by atoms with E-state index in [2.05, 4.69) is 88.9 Å². The molecule has 5 heteroatoms. The average Bonchev–Trinajstić information content (AvgIpc) is 2.48. The zero-order chi connectivity index (χ0) is 23.4. The maximum absolute atomic E-state index is 7.35. The van der Waals surface area contributed by atoms with Crippen LogP contribution in [0.3, 0.4) is 0 Å². The molecule has 2 heterocycles. The normalized spacial score (nSPS) is 28.1. The van der Waals surface area contributed by atoms with Gasteiger partial charge in [-0.25, -0.2) is 0 Å². The van der Waals surface area contributed by atoms with Crippen molar-refractivity contribution in [2.24, 2.45) is 5.92 Å². The van der Waals surface area contributed by atoms with Gasteiger partial charge in [-0.2, -0.15) is 0 Å². The average molecular weight is 457 g/mol. The lowest BCUT2D eigenvalue weighted by Crippen LogP contribution is -2.61. The lowest BCUT2D eigenvalue weighted by molar-refractivity contribution is -0.185. The highest BCUT2D eigenvalue weighted by molar-refractivity contribution is 6.76. The van der Waals surface area contributed by atoms with Crippen molar-refractivity contribution in [1.82, 2.24) is 0 Å². The Kier molecular flexibility index (Phi) is 7.32. The third kappa shape index (κ3) is 5.44. The molecular formula is C25H52O3Si2. The Bertz CT molecular complexity index is 592. The van der Waals surface area contributed by atoms with Gasteiger partial charge in [0.05, 0.1) is 17.8 Å². The molecule has 2 bridgehead atoms. The number of hydrogen-bond donors (Lipinski definition) is 0. The fraction of sp³-hybridized carbons (Fsp3) is 1.00. The van der Waals surface area contributed by atoms with Crippen molar-refractivity contribution in [3.63, 3.8) is 0 Å². The van der Waals surface area contributed by atoms with E-state index in [0.29, 0.717) is 12.2 Å². The fourth-order valence-electron chi connectivity index (χ4n) is 5.25. The van der Waals surface area contributed by atoms with Crippen LogP contribution in [0, 0.1) is 5.92 Å². The smallest absolute Gasteiger partial charge is 0.195 e. The minimum absolute atomic E-state index is 0.0259. The van der Waals surface area contributed by atoms with Crippen LogP contribution < -0.4 is 0 Å². The van der Waals surface area contributed by atoms with Gasteiger partial charge in [0.25, 0.3) is 0 Å². The van der Waals surface area contributed by atoms with Crippen molar-refractivity contribution in [1.29, 1.82) is 0 Å². The SMILES string of the molecule is CC(C)(C)O[Si](C)(C)C(C)(C)C(C)(C)O[Si](C)(CCC1CCC2CC1O2)C(C)(C)C. The molecule has 2 aliphatic heterocycles. The summed E-state index contributed by atoms with van der Waals surface area (Å²) in [6, 6.07) is 1.22. The summed E-state index contributed by atoms with van der Waals surface area (Å²) in [4.78, 5) is 0. The Morgan fingerprint density at radius 2 is 1.37 bits per heavy atom. The molecule has 1 saturated carbocycles. The first-order chi connectivity index (χ1) is 13.2. The largest absolute Gasteiger partial charge is 0.412 e. The summed E-state index contributed by atoms with van der Waals surface area (Å²) in [6.45, 7) is 30.3. The van der Waals surface area contributed by atoms with E-state index in [1.807, 2.05) is 0 Å². The van der Waals surface area contributed by atoms with Crippen molar-refractivity contribution in [2.75, 3.05) is 0 Å². The predicted octanol–water partition coefficient (Wildman–Crippen LogP) is 7.92. The topological polar surface area (TPSA) is 27.7 Å². The van der Waals surface area contributed by atoms with Crippen LogP contribution in [0.2, 0.25) is 35.8 Å². The molecule has 3 fully saturated rings. The molecular weight excluding hydrogens is 404 g/mol. The molecule has 0 amide bonds. The zero-order valence-electron chi connectivity index (χ0n) is 22.5. The van der Waals surface area contributed by atoms with Gasteiger partial charge >= 0.3 is 0 Å². The monoisotopic (exact) mass is 456 g/mol. The van der Waals surface area contributed by atoms with Crippen LogP contribution in [-0.4, -0.2) is 40.0 Å². The van der Waals surface area contributed by atoms with Crippen molar-refractivity contribution in [3.8, 4) is 0 Å². The van der Waals surface area contributed by atoms with E-state index in [1.165, 1.54) is 31.7 Å². The molecule has 0 aromatic carbocycles. The number of ether oxygens (including phenoxy) is 1. The minimum atomic E-state index is -2.04. The Hall–Kier alpha value is 0.314. The third-order valence-corrected chi connectivity index (χ3v) is 19.0. The van der Waals surface area contributed by atoms with E-state index in [1.54, 1.807) is 0 Å². The van der Waals surface area contributed by atoms with E-state index < -0.39 is 16.6 Å². The van der Waals surface area contributed by atoms with E-state index >= 15 is 0 Å². The van der Waals surface area contributed by atoms with Crippen LogP contribution in [0.25, 0.3) is 0 Å². The lowest BCUT2D eigenvalue weighted by Gasteiger charge is -2.56. The summed E-state index contributed by atoms with van der Waals surface area (Å²) < 4.78 is 20.1. The van der Waals surface area contributed by atoms with Gasteiger partial charge < -0.3 is 13.6 Å². The van der Waals surface area contributed by atoms with Crippen LogP contribution in [-0.2, 0) is 13.6 Å². The number of rotatable bonds is 8. The maximum Gasteiger partial charge on any atom is 0.195 e. The summed E-state index contributed by atoms with van der Waals surface area (Å²) >= 11 is 0. The molecule has 2 saturated heterocycles. The molecule has 1 aliphatic carbocycles. The summed E-state index contributed by atoms with van der Waals surface area (Å²) in [5, 5.41) is 0.163.